The van der Waals surface area contributed by atoms with E-state index >= 15 is 0 Å². The van der Waals surface area contributed by atoms with E-state index in [0.29, 0.717) is 18.5 Å². The molecule has 7 heteroatoms. The molecule has 3 heterocycles. The smallest absolute Gasteiger partial charge is 0.370 e. The van der Waals surface area contributed by atoms with Crippen molar-refractivity contribution in [1.29, 1.82) is 0 Å². The van der Waals surface area contributed by atoms with E-state index in [4.69, 9.17) is 0 Å². The number of nitrogens with zero attached hydrogens (tertiary/aromatic N) is 3. The van der Waals surface area contributed by atoms with Crippen molar-refractivity contribution in [3.8, 4) is 0 Å². The Morgan fingerprint density at radius 3 is 2.70 bits per heavy atom. The summed E-state index contributed by atoms with van der Waals surface area (Å²) in [7, 11) is 0. The van der Waals surface area contributed by atoms with Gasteiger partial charge in [0.15, 0.2) is 0 Å². The molecule has 2 aliphatic rings. The van der Waals surface area contributed by atoms with Crippen molar-refractivity contribution in [2.75, 3.05) is 31.1 Å². The summed E-state index contributed by atoms with van der Waals surface area (Å²) in [5.74, 6) is 0.196. The summed E-state index contributed by atoms with van der Waals surface area (Å²) in [6, 6.07) is 5.92. The number of hydrogen-bond donors (Lipinski definition) is 0. The lowest BCUT2D eigenvalue weighted by Gasteiger charge is -2.25. The molecule has 4 rings (SSSR count). The van der Waals surface area contributed by atoms with E-state index in [2.05, 4.69) is 16.8 Å². The lowest BCUT2D eigenvalue weighted by Crippen LogP contribution is -2.37. The first-order valence-electron chi connectivity index (χ1n) is 9.35. The van der Waals surface area contributed by atoms with Gasteiger partial charge >= 0.3 is 6.18 Å². The first kappa shape index (κ1) is 18.1. The van der Waals surface area contributed by atoms with Gasteiger partial charge in [0.05, 0.1) is 16.5 Å². The fraction of sp³-hybridized carbons (Fsp3) is 0.500. The van der Waals surface area contributed by atoms with E-state index < -0.39 is 17.2 Å². The quantitative estimate of drug-likeness (QED) is 0.808. The van der Waals surface area contributed by atoms with Crippen molar-refractivity contribution in [2.24, 2.45) is 5.41 Å². The van der Waals surface area contributed by atoms with Gasteiger partial charge in [-0.15, -0.1) is 0 Å². The Morgan fingerprint density at radius 1 is 1.19 bits per heavy atom. The third-order valence-corrected chi connectivity index (χ3v) is 5.84. The number of carbonyl (C=O) groups excluding carboxylic acids is 1. The molecule has 2 saturated heterocycles. The topological polar surface area (TPSA) is 36.4 Å². The molecule has 2 aliphatic heterocycles. The molecule has 2 fully saturated rings. The fourth-order valence-corrected chi connectivity index (χ4v) is 4.50. The van der Waals surface area contributed by atoms with E-state index in [0.717, 1.165) is 44.1 Å². The Hall–Kier alpha value is -2.31. The number of pyridine rings is 1. The van der Waals surface area contributed by atoms with Crippen LogP contribution in [0.4, 0.5) is 18.9 Å². The number of hydrogen-bond acceptors (Lipinski definition) is 3. The maximum Gasteiger partial charge on any atom is 0.418 e. The van der Waals surface area contributed by atoms with Gasteiger partial charge in [-0.3, -0.25) is 9.78 Å². The van der Waals surface area contributed by atoms with Gasteiger partial charge in [-0.2, -0.15) is 13.2 Å². The Labute approximate surface area is 156 Å². The third kappa shape index (κ3) is 2.93. The summed E-state index contributed by atoms with van der Waals surface area (Å²) in [6.45, 7) is 4.83. The molecule has 1 atom stereocenters. The second-order valence-corrected chi connectivity index (χ2v) is 7.52. The van der Waals surface area contributed by atoms with Crippen LogP contribution in [0, 0.1) is 5.41 Å². The van der Waals surface area contributed by atoms with Gasteiger partial charge in [-0.1, -0.05) is 19.1 Å². The van der Waals surface area contributed by atoms with Gasteiger partial charge in [0.2, 0.25) is 5.91 Å². The van der Waals surface area contributed by atoms with E-state index in [1.54, 1.807) is 12.1 Å². The van der Waals surface area contributed by atoms with Crippen molar-refractivity contribution in [2.45, 2.75) is 32.4 Å². The Balaban J connectivity index is 1.68. The Bertz CT molecular complexity index is 882. The number of benzene rings is 1. The van der Waals surface area contributed by atoms with Gasteiger partial charge in [0, 0.05) is 43.4 Å². The average molecular weight is 377 g/mol. The minimum atomic E-state index is -4.45. The van der Waals surface area contributed by atoms with Gasteiger partial charge in [-0.25, -0.2) is 0 Å². The summed E-state index contributed by atoms with van der Waals surface area (Å²) in [4.78, 5) is 20.9. The van der Waals surface area contributed by atoms with Gasteiger partial charge in [0.25, 0.3) is 0 Å². The van der Waals surface area contributed by atoms with Crippen LogP contribution in [0.25, 0.3) is 10.9 Å². The van der Waals surface area contributed by atoms with E-state index in [1.165, 1.54) is 12.3 Å². The predicted molar refractivity (Wildman–Crippen MR) is 97.5 cm³/mol. The maximum atomic E-state index is 13.3. The third-order valence-electron chi connectivity index (χ3n) is 5.84. The molecule has 27 heavy (non-hydrogen) atoms. The number of carbonyl (C=O) groups is 1. The minimum Gasteiger partial charge on any atom is -0.370 e. The molecule has 144 valence electrons. The second kappa shape index (κ2) is 6.39. The summed E-state index contributed by atoms with van der Waals surface area (Å²) in [5, 5.41) is 0.486. The summed E-state index contributed by atoms with van der Waals surface area (Å²) in [6.07, 6.45) is -0.522. The number of amides is 1. The number of alkyl halides is 3. The normalized spacial score (nSPS) is 23.2. The lowest BCUT2D eigenvalue weighted by atomic mass is 9.85. The summed E-state index contributed by atoms with van der Waals surface area (Å²) in [5.41, 5.74) is -0.424. The number of aromatic nitrogens is 1. The highest BCUT2D eigenvalue weighted by molar-refractivity contribution is 5.95. The summed E-state index contributed by atoms with van der Waals surface area (Å²) >= 11 is 0. The highest BCUT2D eigenvalue weighted by atomic mass is 19.4. The van der Waals surface area contributed by atoms with Crippen LogP contribution in [0.5, 0.6) is 0 Å². The average Bonchev–Trinajstić information content (AvgIpc) is 3.20. The predicted octanol–water partition coefficient (Wildman–Crippen LogP) is 4.09. The standard InChI is InChI=1S/C20H22F3N3O/c1-2-10-25-11-7-19(18(25)27)8-12-26(13-19)16-6-9-24-17-14(16)4-3-5-15(17)20(21,22)23/h3-6,9H,2,7-8,10-13H2,1H3. The molecular weight excluding hydrogens is 355 g/mol. The lowest BCUT2D eigenvalue weighted by molar-refractivity contribution is -0.136. The summed E-state index contributed by atoms with van der Waals surface area (Å²) < 4.78 is 40.0. The number of anilines is 1. The van der Waals surface area contributed by atoms with Crippen LogP contribution in [-0.4, -0.2) is 42.0 Å². The van der Waals surface area contributed by atoms with Crippen LogP contribution in [0.1, 0.15) is 31.7 Å². The molecule has 1 spiro atoms. The van der Waals surface area contributed by atoms with Crippen molar-refractivity contribution >= 4 is 22.5 Å². The molecule has 4 nitrogen and oxygen atoms in total. The van der Waals surface area contributed by atoms with E-state index in [9.17, 15) is 18.0 Å². The Morgan fingerprint density at radius 2 is 1.96 bits per heavy atom. The molecule has 2 aromatic rings. The zero-order valence-electron chi connectivity index (χ0n) is 15.2. The zero-order valence-corrected chi connectivity index (χ0v) is 15.2. The first-order valence-corrected chi connectivity index (χ1v) is 9.35. The van der Waals surface area contributed by atoms with Crippen LogP contribution < -0.4 is 4.90 Å². The van der Waals surface area contributed by atoms with Crippen LogP contribution in [0.2, 0.25) is 0 Å². The second-order valence-electron chi connectivity index (χ2n) is 7.52. The van der Waals surface area contributed by atoms with Crippen molar-refractivity contribution < 1.29 is 18.0 Å². The SMILES string of the molecule is CCCN1CCC2(CCN(c3ccnc4c(C(F)(F)F)cccc34)C2)C1=O. The van der Waals surface area contributed by atoms with Crippen LogP contribution in [0.15, 0.2) is 30.5 Å². The number of likely N-dealkylation sites (tertiary alicyclic amines) is 1. The van der Waals surface area contributed by atoms with Crippen molar-refractivity contribution in [1.82, 2.24) is 9.88 Å². The van der Waals surface area contributed by atoms with Gasteiger partial charge in [0.1, 0.15) is 0 Å². The van der Waals surface area contributed by atoms with Crippen LogP contribution >= 0.6 is 0 Å². The van der Waals surface area contributed by atoms with Crippen molar-refractivity contribution in [3.63, 3.8) is 0 Å². The number of para-hydroxylation sites is 1. The first-order chi connectivity index (χ1) is 12.9. The molecule has 1 unspecified atom stereocenters. The molecule has 1 amide bonds. The molecule has 0 bridgehead atoms. The maximum absolute atomic E-state index is 13.3. The number of halogens is 3. The number of fused-ring (bicyclic) bond motifs is 1. The van der Waals surface area contributed by atoms with Gasteiger partial charge < -0.3 is 9.80 Å². The fourth-order valence-electron chi connectivity index (χ4n) is 4.50. The largest absolute Gasteiger partial charge is 0.418 e. The van der Waals surface area contributed by atoms with Crippen LogP contribution in [-0.2, 0) is 11.0 Å². The zero-order chi connectivity index (χ0) is 19.2. The molecule has 0 saturated carbocycles. The number of rotatable bonds is 3. The molecule has 1 aromatic carbocycles. The van der Waals surface area contributed by atoms with Crippen LogP contribution in [0.3, 0.4) is 0 Å². The molecule has 1 aromatic heterocycles. The highest BCUT2D eigenvalue weighted by Gasteiger charge is 2.50. The van der Waals surface area contributed by atoms with E-state index in [1.807, 2.05) is 4.90 Å². The van der Waals surface area contributed by atoms with Gasteiger partial charge in [-0.05, 0) is 31.4 Å². The Kier molecular flexibility index (Phi) is 4.28. The van der Waals surface area contributed by atoms with E-state index in [-0.39, 0.29) is 11.4 Å². The molecular formula is C20H22F3N3O. The van der Waals surface area contributed by atoms with Crippen molar-refractivity contribution in [3.05, 3.63) is 36.0 Å². The highest BCUT2D eigenvalue weighted by Crippen LogP contribution is 2.44. The molecule has 0 radical (unpaired) electrons. The molecule has 0 aliphatic carbocycles. The monoisotopic (exact) mass is 377 g/mol. The molecule has 0 N–H and O–H groups in total. The minimum absolute atomic E-state index is 0.0335.